The van der Waals surface area contributed by atoms with Crippen molar-refractivity contribution in [2.45, 2.75) is 6.92 Å². The van der Waals surface area contributed by atoms with Gasteiger partial charge in [-0.25, -0.2) is 9.55 Å². The van der Waals surface area contributed by atoms with Gasteiger partial charge >= 0.3 is 0 Å². The van der Waals surface area contributed by atoms with Crippen molar-refractivity contribution in [3.63, 3.8) is 0 Å². The Morgan fingerprint density at radius 1 is 1.04 bits per heavy atom. The van der Waals surface area contributed by atoms with E-state index in [4.69, 9.17) is 16.6 Å². The molecule has 1 aromatic heterocycles. The maximum Gasteiger partial charge on any atom is 0.267 e. The first kappa shape index (κ1) is 17.1. The summed E-state index contributed by atoms with van der Waals surface area (Å²) in [5, 5.41) is 1.04. The molecule has 3 aromatic rings. The number of nitrogens with zero attached hydrogens (tertiary/aromatic N) is 4. The number of anilines is 1. The number of piperazine rings is 1. The van der Waals surface area contributed by atoms with Crippen LogP contribution in [0.3, 0.4) is 0 Å². The van der Waals surface area contributed by atoms with Crippen molar-refractivity contribution in [1.29, 1.82) is 0 Å². The molecule has 0 bridgehead atoms. The number of likely N-dealkylation sites (N-methyl/N-ethyl adjacent to an activating group) is 1. The minimum atomic E-state index is -0.0861. The highest BCUT2D eigenvalue weighted by Crippen LogP contribution is 2.25. The first-order chi connectivity index (χ1) is 12.5. The number of halogens is 1. The molecule has 0 unspecified atom stereocenters. The van der Waals surface area contributed by atoms with Crippen molar-refractivity contribution in [2.75, 3.05) is 38.1 Å². The highest BCUT2D eigenvalue weighted by molar-refractivity contribution is 6.35. The van der Waals surface area contributed by atoms with Gasteiger partial charge in [0.2, 0.25) is 5.95 Å². The topological polar surface area (TPSA) is 41.4 Å². The second-order valence-electron chi connectivity index (χ2n) is 6.82. The van der Waals surface area contributed by atoms with Crippen LogP contribution in [0.4, 0.5) is 5.95 Å². The molecule has 0 atom stereocenters. The molecule has 0 aliphatic carbocycles. The standard InChI is InChI=1S/C20H21ClN4O/c1-14-5-3-6-15(13-14)25-19(26)16-7-4-8-17(21)18(16)22-20(25)24-11-9-23(2)10-12-24/h3-8,13H,9-12H2,1-2H3. The van der Waals surface area contributed by atoms with Crippen LogP contribution in [0.1, 0.15) is 5.56 Å². The van der Waals surface area contributed by atoms with Crippen LogP contribution in [0.25, 0.3) is 16.6 Å². The number of rotatable bonds is 2. The molecule has 134 valence electrons. The number of hydrogen-bond donors (Lipinski definition) is 0. The molecular weight excluding hydrogens is 348 g/mol. The number of para-hydroxylation sites is 1. The van der Waals surface area contributed by atoms with Crippen LogP contribution in [0.2, 0.25) is 5.02 Å². The van der Waals surface area contributed by atoms with E-state index in [1.807, 2.05) is 31.2 Å². The van der Waals surface area contributed by atoms with Gasteiger partial charge in [0.05, 0.1) is 21.6 Å². The molecule has 2 aromatic carbocycles. The average molecular weight is 369 g/mol. The summed E-state index contributed by atoms with van der Waals surface area (Å²) in [4.78, 5) is 22.6. The Labute approximate surface area is 157 Å². The van der Waals surface area contributed by atoms with Crippen LogP contribution in [-0.4, -0.2) is 47.7 Å². The van der Waals surface area contributed by atoms with E-state index in [0.29, 0.717) is 21.9 Å². The van der Waals surface area contributed by atoms with Crippen LogP contribution in [-0.2, 0) is 0 Å². The minimum absolute atomic E-state index is 0.0861. The van der Waals surface area contributed by atoms with E-state index in [9.17, 15) is 4.79 Å². The molecule has 2 heterocycles. The van der Waals surface area contributed by atoms with Crippen LogP contribution >= 0.6 is 11.6 Å². The molecule has 1 fully saturated rings. The number of aromatic nitrogens is 2. The summed E-state index contributed by atoms with van der Waals surface area (Å²) in [5.74, 6) is 0.661. The fourth-order valence-electron chi connectivity index (χ4n) is 3.38. The molecule has 0 radical (unpaired) electrons. The highest BCUT2D eigenvalue weighted by Gasteiger charge is 2.22. The van der Waals surface area contributed by atoms with E-state index in [2.05, 4.69) is 16.8 Å². The number of fused-ring (bicyclic) bond motifs is 1. The van der Waals surface area contributed by atoms with Gasteiger partial charge in [0.15, 0.2) is 0 Å². The zero-order valence-electron chi connectivity index (χ0n) is 14.9. The summed E-state index contributed by atoms with van der Waals surface area (Å²) in [6.45, 7) is 5.54. The summed E-state index contributed by atoms with van der Waals surface area (Å²) in [6.07, 6.45) is 0. The Morgan fingerprint density at radius 3 is 2.50 bits per heavy atom. The third-order valence-electron chi connectivity index (χ3n) is 4.88. The van der Waals surface area contributed by atoms with Crippen LogP contribution < -0.4 is 10.5 Å². The van der Waals surface area contributed by atoms with E-state index in [1.165, 1.54) is 0 Å². The highest BCUT2D eigenvalue weighted by atomic mass is 35.5. The lowest BCUT2D eigenvalue weighted by Gasteiger charge is -2.34. The van der Waals surface area contributed by atoms with Gasteiger partial charge in [-0.15, -0.1) is 0 Å². The molecule has 0 saturated carbocycles. The van der Waals surface area contributed by atoms with Crippen LogP contribution in [0.5, 0.6) is 0 Å². The summed E-state index contributed by atoms with van der Waals surface area (Å²) < 4.78 is 1.72. The van der Waals surface area contributed by atoms with Crippen LogP contribution in [0.15, 0.2) is 47.3 Å². The first-order valence-electron chi connectivity index (χ1n) is 8.76. The quantitative estimate of drug-likeness (QED) is 0.697. The van der Waals surface area contributed by atoms with Crippen molar-refractivity contribution in [2.24, 2.45) is 0 Å². The van der Waals surface area contributed by atoms with E-state index in [1.54, 1.807) is 22.8 Å². The first-order valence-corrected chi connectivity index (χ1v) is 9.14. The third kappa shape index (κ3) is 2.97. The average Bonchev–Trinajstić information content (AvgIpc) is 2.63. The molecule has 26 heavy (non-hydrogen) atoms. The SMILES string of the molecule is Cc1cccc(-n2c(N3CCN(C)CC3)nc3c(Cl)cccc3c2=O)c1. The molecule has 1 aliphatic heterocycles. The van der Waals surface area contributed by atoms with Crippen LogP contribution in [0, 0.1) is 6.92 Å². The fourth-order valence-corrected chi connectivity index (χ4v) is 3.60. The monoisotopic (exact) mass is 368 g/mol. The minimum Gasteiger partial charge on any atom is -0.339 e. The Balaban J connectivity index is 1.99. The Kier molecular flexibility index (Phi) is 4.42. The lowest BCUT2D eigenvalue weighted by Crippen LogP contribution is -2.46. The maximum atomic E-state index is 13.3. The Bertz CT molecular complexity index is 1020. The summed E-state index contributed by atoms with van der Waals surface area (Å²) >= 11 is 6.35. The van der Waals surface area contributed by atoms with Crippen molar-refractivity contribution in [1.82, 2.24) is 14.5 Å². The largest absolute Gasteiger partial charge is 0.339 e. The second kappa shape index (κ2) is 6.74. The molecule has 5 nitrogen and oxygen atoms in total. The smallest absolute Gasteiger partial charge is 0.267 e. The van der Waals surface area contributed by atoms with E-state index in [-0.39, 0.29) is 5.56 Å². The normalized spacial score (nSPS) is 15.6. The second-order valence-corrected chi connectivity index (χ2v) is 7.22. The van der Waals surface area contributed by atoms with Gasteiger partial charge in [0, 0.05) is 26.2 Å². The molecule has 6 heteroatoms. The molecule has 0 spiro atoms. The van der Waals surface area contributed by atoms with Gasteiger partial charge in [-0.3, -0.25) is 4.79 Å². The van der Waals surface area contributed by atoms with Gasteiger partial charge in [0.1, 0.15) is 0 Å². The maximum absolute atomic E-state index is 13.3. The third-order valence-corrected chi connectivity index (χ3v) is 5.18. The van der Waals surface area contributed by atoms with Crippen molar-refractivity contribution >= 4 is 28.5 Å². The van der Waals surface area contributed by atoms with Gasteiger partial charge in [-0.1, -0.05) is 29.8 Å². The Hall–Kier alpha value is -2.37. The van der Waals surface area contributed by atoms with Crippen molar-refractivity contribution in [3.8, 4) is 5.69 Å². The fraction of sp³-hybridized carbons (Fsp3) is 0.300. The zero-order valence-corrected chi connectivity index (χ0v) is 15.7. The number of benzene rings is 2. The summed E-state index contributed by atoms with van der Waals surface area (Å²) in [5.41, 5.74) is 2.41. The van der Waals surface area contributed by atoms with Crippen molar-refractivity contribution < 1.29 is 0 Å². The molecule has 4 rings (SSSR count). The van der Waals surface area contributed by atoms with E-state index >= 15 is 0 Å². The van der Waals surface area contributed by atoms with Gasteiger partial charge < -0.3 is 9.80 Å². The Morgan fingerprint density at radius 2 is 1.77 bits per heavy atom. The van der Waals surface area contributed by atoms with Gasteiger partial charge in [-0.2, -0.15) is 0 Å². The molecule has 1 saturated heterocycles. The lowest BCUT2D eigenvalue weighted by atomic mass is 10.2. The number of aryl methyl sites for hydroxylation is 1. The molecule has 1 aliphatic rings. The van der Waals surface area contributed by atoms with E-state index < -0.39 is 0 Å². The zero-order chi connectivity index (χ0) is 18.3. The molecule has 0 amide bonds. The summed E-state index contributed by atoms with van der Waals surface area (Å²) in [6, 6.07) is 13.3. The van der Waals surface area contributed by atoms with E-state index in [0.717, 1.165) is 37.4 Å². The van der Waals surface area contributed by atoms with Gasteiger partial charge in [-0.05, 0) is 43.8 Å². The van der Waals surface area contributed by atoms with Gasteiger partial charge in [0.25, 0.3) is 5.56 Å². The molecular formula is C20H21ClN4O. The lowest BCUT2D eigenvalue weighted by molar-refractivity contribution is 0.310. The predicted octanol–water partition coefficient (Wildman–Crippen LogP) is 3.10. The number of hydrogen-bond acceptors (Lipinski definition) is 4. The van der Waals surface area contributed by atoms with Crippen molar-refractivity contribution in [3.05, 3.63) is 63.4 Å². The predicted molar refractivity (Wildman–Crippen MR) is 107 cm³/mol. The molecule has 0 N–H and O–H groups in total. The summed E-state index contributed by atoms with van der Waals surface area (Å²) in [7, 11) is 2.11.